The average Bonchev–Trinajstić information content (AvgIpc) is 2.63. The van der Waals surface area contributed by atoms with Gasteiger partial charge in [0.05, 0.1) is 0 Å². The molecule has 0 aromatic heterocycles. The molecule has 1 fully saturated rings. The summed E-state index contributed by atoms with van der Waals surface area (Å²) in [7, 11) is 0. The zero-order valence-corrected chi connectivity index (χ0v) is 13.8. The molecule has 0 spiro atoms. The van der Waals surface area contributed by atoms with Gasteiger partial charge in [-0.05, 0) is 0 Å². The van der Waals surface area contributed by atoms with Gasteiger partial charge in [-0.3, -0.25) is 0 Å². The van der Waals surface area contributed by atoms with Crippen molar-refractivity contribution in [2.45, 2.75) is 46.7 Å². The van der Waals surface area contributed by atoms with E-state index in [0.29, 0.717) is 0 Å². The Balaban J connectivity index is 4.31. The lowest BCUT2D eigenvalue weighted by Crippen LogP contribution is -2.88. The fraction of sp³-hybridized carbons (Fsp3) is 0.769. The minimum absolute atomic E-state index is 0.493. The zero-order chi connectivity index (χ0) is 24.4. The lowest BCUT2D eigenvalue weighted by molar-refractivity contribution is -0.505. The maximum absolute atomic E-state index is 14.6. The fourth-order valence-electron chi connectivity index (χ4n) is 2.50. The number of esters is 1. The van der Waals surface area contributed by atoms with Crippen LogP contribution in [0.2, 0.25) is 0 Å². The van der Waals surface area contributed by atoms with Gasteiger partial charge in [0, 0.05) is 6.08 Å². The molecule has 4 unspecified atom stereocenters. The summed E-state index contributed by atoms with van der Waals surface area (Å²) in [6.45, 7) is -5.70. The van der Waals surface area contributed by atoms with E-state index >= 15 is 0 Å². The third kappa shape index (κ3) is 2.41. The molecule has 17 heteroatoms. The van der Waals surface area contributed by atoms with Gasteiger partial charge >= 0.3 is 41.4 Å². The number of carbonyl (C=O) groups is 1. The smallest absolute Gasteiger partial charge is 0.387 e. The Hall–Kier alpha value is -1.78. The van der Waals surface area contributed by atoms with Gasteiger partial charge < -0.3 is 14.9 Å². The molecule has 176 valence electrons. The molecule has 1 aliphatic carbocycles. The van der Waals surface area contributed by atoms with Crippen molar-refractivity contribution >= 4 is 5.97 Å². The lowest BCUT2D eigenvalue weighted by Gasteiger charge is -2.55. The number of carbonyl (C=O) groups excluding carboxylic acids is 1. The first-order chi connectivity index (χ1) is 13.1. The molecule has 0 bridgehead atoms. The predicted molar refractivity (Wildman–Crippen MR) is 66.7 cm³/mol. The van der Waals surface area contributed by atoms with Gasteiger partial charge in [-0.1, -0.05) is 6.58 Å². The summed E-state index contributed by atoms with van der Waals surface area (Å²) in [6.07, 6.45) is -0.493. The van der Waals surface area contributed by atoms with Gasteiger partial charge in [0.2, 0.25) is 5.60 Å². The van der Waals surface area contributed by atoms with E-state index in [1.807, 2.05) is 0 Å². The highest BCUT2D eigenvalue weighted by molar-refractivity contribution is 5.81. The molecule has 0 saturated heterocycles. The molecule has 0 amide bonds. The minimum Gasteiger partial charge on any atom is -0.413 e. The molecular weight excluding hydrogens is 467 g/mol. The Labute approximate surface area is 156 Å². The Morgan fingerprint density at radius 1 is 0.767 bits per heavy atom. The zero-order valence-electron chi connectivity index (χ0n) is 13.8. The van der Waals surface area contributed by atoms with E-state index in [4.69, 9.17) is 10.2 Å². The third-order valence-corrected chi connectivity index (χ3v) is 4.46. The number of halogens is 13. The van der Waals surface area contributed by atoms with E-state index in [2.05, 4.69) is 11.3 Å². The van der Waals surface area contributed by atoms with Gasteiger partial charge in [-0.15, -0.1) is 0 Å². The second-order valence-electron chi connectivity index (χ2n) is 6.07. The van der Waals surface area contributed by atoms with Crippen LogP contribution in [0.3, 0.4) is 0 Å². The summed E-state index contributed by atoms with van der Waals surface area (Å²) >= 11 is 0. The molecule has 1 aliphatic rings. The van der Waals surface area contributed by atoms with Gasteiger partial charge in [0.1, 0.15) is 13.3 Å². The van der Waals surface area contributed by atoms with Crippen molar-refractivity contribution in [1.82, 2.24) is 0 Å². The molecule has 4 atom stereocenters. The van der Waals surface area contributed by atoms with Crippen molar-refractivity contribution in [2.24, 2.45) is 0 Å². The van der Waals surface area contributed by atoms with Crippen molar-refractivity contribution < 1.29 is 76.8 Å². The summed E-state index contributed by atoms with van der Waals surface area (Å²) < 4.78 is 185. The molecular formula is C13H9F13O4. The minimum atomic E-state index is -7.65. The van der Waals surface area contributed by atoms with Crippen molar-refractivity contribution in [3.8, 4) is 0 Å². The summed E-state index contributed by atoms with van der Waals surface area (Å²) in [5.41, 5.74) is -13.7. The highest BCUT2D eigenvalue weighted by atomic mass is 19.3. The molecule has 1 saturated carbocycles. The highest BCUT2D eigenvalue weighted by Gasteiger charge is 3.00. The Morgan fingerprint density at radius 2 is 1.20 bits per heavy atom. The number of hydrogen-bond acceptors (Lipinski definition) is 4. The van der Waals surface area contributed by atoms with Gasteiger partial charge in [-0.25, -0.2) is 18.0 Å². The standard InChI is InChI=1S/C13H9F13O4/c1-2-5(27)30-13(26)9(19,20)6(16,3-14)8(17,18)7(28,4-15)10(21,22)12(25,29)11(13,23)24/h2,28-29H,1,3-4H2. The van der Waals surface area contributed by atoms with Crippen LogP contribution in [0.1, 0.15) is 0 Å². The molecule has 30 heavy (non-hydrogen) atoms. The molecule has 2 N–H and O–H groups in total. The Kier molecular flexibility index (Phi) is 5.78. The lowest BCUT2D eigenvalue weighted by atomic mass is 9.68. The summed E-state index contributed by atoms with van der Waals surface area (Å²) in [6, 6.07) is 0. The quantitative estimate of drug-likeness (QED) is 0.372. The average molecular weight is 476 g/mol. The largest absolute Gasteiger partial charge is 0.413 e. The Morgan fingerprint density at radius 3 is 1.53 bits per heavy atom. The van der Waals surface area contributed by atoms with Crippen LogP contribution in [-0.2, 0) is 9.53 Å². The SMILES string of the molecule is C=CC(=O)OC1(F)C(F)(F)C(O)(F)C(F)(F)C(O)(CF)C(F)(F)C(F)(CF)C1(F)F. The van der Waals surface area contributed by atoms with E-state index in [-0.39, 0.29) is 0 Å². The van der Waals surface area contributed by atoms with E-state index in [1.54, 1.807) is 0 Å². The van der Waals surface area contributed by atoms with Crippen LogP contribution in [0.4, 0.5) is 57.1 Å². The molecule has 4 nitrogen and oxygen atoms in total. The van der Waals surface area contributed by atoms with E-state index in [1.165, 1.54) is 0 Å². The van der Waals surface area contributed by atoms with Gasteiger partial charge in [-0.2, -0.15) is 43.9 Å². The van der Waals surface area contributed by atoms with Gasteiger partial charge in [0.25, 0.3) is 5.67 Å². The molecule has 0 aliphatic heterocycles. The van der Waals surface area contributed by atoms with Gasteiger partial charge in [0.15, 0.2) is 0 Å². The fourth-order valence-corrected chi connectivity index (χ4v) is 2.50. The number of hydrogen-bond donors (Lipinski definition) is 2. The number of ether oxygens (including phenoxy) is 1. The second-order valence-corrected chi connectivity index (χ2v) is 6.07. The first-order valence-corrected chi connectivity index (χ1v) is 7.08. The van der Waals surface area contributed by atoms with Crippen LogP contribution in [0.25, 0.3) is 0 Å². The van der Waals surface area contributed by atoms with Crippen LogP contribution in [0, 0.1) is 0 Å². The maximum Gasteiger partial charge on any atom is 0.387 e. The third-order valence-electron chi connectivity index (χ3n) is 4.46. The number of alkyl halides is 13. The molecule has 0 aromatic carbocycles. The summed E-state index contributed by atoms with van der Waals surface area (Å²) in [4.78, 5) is 10.9. The summed E-state index contributed by atoms with van der Waals surface area (Å²) in [5, 5.41) is 17.9. The normalized spacial score (nSPS) is 42.0. The van der Waals surface area contributed by atoms with E-state index in [0.717, 1.165) is 0 Å². The summed E-state index contributed by atoms with van der Waals surface area (Å²) in [5.74, 6) is -47.6. The van der Waals surface area contributed by atoms with E-state index in [9.17, 15) is 61.9 Å². The first-order valence-electron chi connectivity index (χ1n) is 7.08. The van der Waals surface area contributed by atoms with Crippen LogP contribution in [0.5, 0.6) is 0 Å². The van der Waals surface area contributed by atoms with Crippen molar-refractivity contribution in [2.75, 3.05) is 13.3 Å². The molecule has 0 radical (unpaired) electrons. The van der Waals surface area contributed by atoms with Crippen molar-refractivity contribution in [3.63, 3.8) is 0 Å². The first kappa shape index (κ1) is 26.3. The molecule has 1 rings (SSSR count). The topological polar surface area (TPSA) is 66.8 Å². The predicted octanol–water partition coefficient (Wildman–Crippen LogP) is 2.97. The van der Waals surface area contributed by atoms with Crippen LogP contribution < -0.4 is 0 Å². The van der Waals surface area contributed by atoms with E-state index < -0.39 is 72.1 Å². The highest BCUT2D eigenvalue weighted by Crippen LogP contribution is 2.67. The van der Waals surface area contributed by atoms with Crippen LogP contribution in [-0.4, -0.2) is 76.2 Å². The van der Waals surface area contributed by atoms with Crippen LogP contribution >= 0.6 is 0 Å². The number of aliphatic hydroxyl groups is 2. The van der Waals surface area contributed by atoms with Crippen molar-refractivity contribution in [3.05, 3.63) is 12.7 Å². The molecule has 0 aromatic rings. The maximum atomic E-state index is 14.6. The second kappa shape index (κ2) is 6.61. The van der Waals surface area contributed by atoms with Crippen LogP contribution in [0.15, 0.2) is 12.7 Å². The number of rotatable bonds is 4. The Bertz CT molecular complexity index is 726. The molecule has 0 heterocycles. The van der Waals surface area contributed by atoms with Crippen molar-refractivity contribution in [1.29, 1.82) is 0 Å². The monoisotopic (exact) mass is 476 g/mol.